The summed E-state index contributed by atoms with van der Waals surface area (Å²) in [6.07, 6.45) is 1.33. The lowest BCUT2D eigenvalue weighted by Crippen LogP contribution is -2.34. The molecule has 0 aliphatic rings. The normalized spacial score (nSPS) is 10.5. The molecular weight excluding hydrogens is 558 g/mol. The Hall–Kier alpha value is -4.38. The van der Waals surface area contributed by atoms with E-state index in [0.717, 1.165) is 0 Å². The molecular formula is C27H26BrN3O7. The second-order valence-electron chi connectivity index (χ2n) is 7.57. The molecule has 3 aromatic carbocycles. The number of rotatable bonds is 11. The van der Waals surface area contributed by atoms with Crippen LogP contribution in [0.2, 0.25) is 0 Å². The van der Waals surface area contributed by atoms with E-state index in [9.17, 15) is 14.4 Å². The number of esters is 1. The van der Waals surface area contributed by atoms with Gasteiger partial charge < -0.3 is 24.3 Å². The molecule has 3 aromatic rings. The second-order valence-corrected chi connectivity index (χ2v) is 8.49. The SMILES string of the molecule is CCOc1ccc(C(=O)Oc2ccc(Br)cc2/C=N/NC(=O)CNC(=O)c2ccc(OC)c(OC)c2)cc1. The third-order valence-electron chi connectivity index (χ3n) is 5.02. The molecule has 10 nitrogen and oxygen atoms in total. The Balaban J connectivity index is 1.58. The summed E-state index contributed by atoms with van der Waals surface area (Å²) in [5.74, 6) is 0.170. The van der Waals surface area contributed by atoms with Gasteiger partial charge in [-0.25, -0.2) is 10.2 Å². The molecule has 0 unspecified atom stereocenters. The highest BCUT2D eigenvalue weighted by Crippen LogP contribution is 2.27. The lowest BCUT2D eigenvalue weighted by atomic mass is 10.2. The highest BCUT2D eigenvalue weighted by atomic mass is 79.9. The molecule has 0 aliphatic carbocycles. The molecule has 0 spiro atoms. The number of hydrogen-bond acceptors (Lipinski definition) is 8. The molecule has 0 aliphatic heterocycles. The van der Waals surface area contributed by atoms with Crippen LogP contribution in [0.3, 0.4) is 0 Å². The Labute approximate surface area is 228 Å². The predicted octanol–water partition coefficient (Wildman–Crippen LogP) is 3.96. The van der Waals surface area contributed by atoms with E-state index in [-0.39, 0.29) is 12.3 Å². The van der Waals surface area contributed by atoms with Crippen LogP contribution in [0.5, 0.6) is 23.0 Å². The Morgan fingerprint density at radius 1 is 0.895 bits per heavy atom. The summed E-state index contributed by atoms with van der Waals surface area (Å²) in [6, 6.07) is 16.2. The second kappa shape index (κ2) is 13.8. The van der Waals surface area contributed by atoms with E-state index in [2.05, 4.69) is 31.8 Å². The van der Waals surface area contributed by atoms with Gasteiger partial charge in [0.1, 0.15) is 11.5 Å². The summed E-state index contributed by atoms with van der Waals surface area (Å²) >= 11 is 3.37. The predicted molar refractivity (Wildman–Crippen MR) is 144 cm³/mol. The van der Waals surface area contributed by atoms with Gasteiger partial charge in [0.2, 0.25) is 0 Å². The maximum atomic E-state index is 12.6. The number of nitrogens with zero attached hydrogens (tertiary/aromatic N) is 1. The lowest BCUT2D eigenvalue weighted by molar-refractivity contribution is -0.120. The molecule has 38 heavy (non-hydrogen) atoms. The smallest absolute Gasteiger partial charge is 0.343 e. The summed E-state index contributed by atoms with van der Waals surface area (Å²) in [7, 11) is 2.95. The van der Waals surface area contributed by atoms with Crippen molar-refractivity contribution in [1.29, 1.82) is 0 Å². The molecule has 0 atom stereocenters. The van der Waals surface area contributed by atoms with Crippen molar-refractivity contribution in [3.63, 3.8) is 0 Å². The molecule has 3 rings (SSSR count). The molecule has 2 amide bonds. The zero-order valence-corrected chi connectivity index (χ0v) is 22.5. The van der Waals surface area contributed by atoms with Gasteiger partial charge in [-0.3, -0.25) is 9.59 Å². The minimum Gasteiger partial charge on any atom is -0.494 e. The van der Waals surface area contributed by atoms with Gasteiger partial charge in [-0.15, -0.1) is 0 Å². The van der Waals surface area contributed by atoms with Crippen molar-refractivity contribution in [2.75, 3.05) is 27.4 Å². The maximum absolute atomic E-state index is 12.6. The summed E-state index contributed by atoms with van der Waals surface area (Å²) in [6.45, 7) is 2.08. The van der Waals surface area contributed by atoms with Crippen LogP contribution in [0.1, 0.15) is 33.2 Å². The standard InChI is InChI=1S/C27H26BrN3O7/c1-4-37-21-9-5-17(6-10-21)27(34)38-22-12-8-20(28)13-19(22)15-30-31-25(32)16-29-26(33)18-7-11-23(35-2)24(14-18)36-3/h5-15H,4,16H2,1-3H3,(H,29,33)(H,31,32)/b30-15+. The lowest BCUT2D eigenvalue weighted by Gasteiger charge is -2.10. The van der Waals surface area contributed by atoms with E-state index in [1.54, 1.807) is 54.6 Å². The van der Waals surface area contributed by atoms with Crippen LogP contribution < -0.4 is 29.7 Å². The average molecular weight is 584 g/mol. The quantitative estimate of drug-likeness (QED) is 0.151. The van der Waals surface area contributed by atoms with Gasteiger partial charge in [0, 0.05) is 15.6 Å². The van der Waals surface area contributed by atoms with Gasteiger partial charge in [-0.2, -0.15) is 5.10 Å². The zero-order chi connectivity index (χ0) is 27.5. The number of amides is 2. The molecule has 0 aromatic heterocycles. The molecule has 0 radical (unpaired) electrons. The third kappa shape index (κ3) is 7.81. The zero-order valence-electron chi connectivity index (χ0n) is 20.9. The van der Waals surface area contributed by atoms with Gasteiger partial charge in [0.05, 0.1) is 39.1 Å². The van der Waals surface area contributed by atoms with Crippen molar-refractivity contribution in [3.8, 4) is 23.0 Å². The highest BCUT2D eigenvalue weighted by Gasteiger charge is 2.13. The number of ether oxygens (including phenoxy) is 4. The Bertz CT molecular complexity index is 1330. The number of methoxy groups -OCH3 is 2. The summed E-state index contributed by atoms with van der Waals surface area (Å²) in [4.78, 5) is 37.2. The molecule has 0 saturated carbocycles. The number of nitrogens with one attached hydrogen (secondary N) is 2. The monoisotopic (exact) mass is 583 g/mol. The topological polar surface area (TPSA) is 125 Å². The molecule has 0 bridgehead atoms. The molecule has 0 saturated heterocycles. The van der Waals surface area contributed by atoms with Gasteiger partial charge in [0.15, 0.2) is 11.5 Å². The van der Waals surface area contributed by atoms with Crippen molar-refractivity contribution in [3.05, 3.63) is 81.8 Å². The van der Waals surface area contributed by atoms with Crippen LogP contribution in [0.25, 0.3) is 0 Å². The van der Waals surface area contributed by atoms with Gasteiger partial charge >= 0.3 is 5.97 Å². The Kier molecular flexibility index (Phi) is 10.2. The molecule has 0 fully saturated rings. The average Bonchev–Trinajstić information content (AvgIpc) is 2.93. The first-order valence-corrected chi connectivity index (χ1v) is 12.2. The van der Waals surface area contributed by atoms with Crippen LogP contribution in [-0.4, -0.2) is 51.4 Å². The Morgan fingerprint density at radius 2 is 1.58 bits per heavy atom. The summed E-state index contributed by atoms with van der Waals surface area (Å²) < 4.78 is 22.0. The first kappa shape index (κ1) is 28.2. The number of benzene rings is 3. The van der Waals surface area contributed by atoms with Crippen LogP contribution in [-0.2, 0) is 4.79 Å². The van der Waals surface area contributed by atoms with Crippen molar-refractivity contribution >= 4 is 39.9 Å². The van der Waals surface area contributed by atoms with Crippen molar-refractivity contribution in [1.82, 2.24) is 10.7 Å². The number of carbonyl (C=O) groups is 3. The highest BCUT2D eigenvalue weighted by molar-refractivity contribution is 9.10. The number of carbonyl (C=O) groups excluding carboxylic acids is 3. The number of halogens is 1. The third-order valence-corrected chi connectivity index (χ3v) is 5.52. The number of hydrogen-bond donors (Lipinski definition) is 2. The van der Waals surface area contributed by atoms with E-state index >= 15 is 0 Å². The van der Waals surface area contributed by atoms with E-state index in [1.165, 1.54) is 26.5 Å². The minimum atomic E-state index is -0.563. The summed E-state index contributed by atoms with van der Waals surface area (Å²) in [5.41, 5.74) is 3.41. The molecule has 2 N–H and O–H groups in total. The first-order valence-electron chi connectivity index (χ1n) is 11.4. The molecule has 198 valence electrons. The fraction of sp³-hybridized carbons (Fsp3) is 0.185. The van der Waals surface area contributed by atoms with Gasteiger partial charge in [0.25, 0.3) is 11.8 Å². The number of hydrazone groups is 1. The van der Waals surface area contributed by atoms with E-state index in [4.69, 9.17) is 18.9 Å². The van der Waals surface area contributed by atoms with Crippen molar-refractivity contribution in [2.24, 2.45) is 5.10 Å². The van der Waals surface area contributed by atoms with E-state index in [0.29, 0.717) is 45.0 Å². The van der Waals surface area contributed by atoms with Gasteiger partial charge in [-0.05, 0) is 67.6 Å². The van der Waals surface area contributed by atoms with Gasteiger partial charge in [-0.1, -0.05) is 15.9 Å². The molecule has 11 heteroatoms. The van der Waals surface area contributed by atoms with E-state index < -0.39 is 17.8 Å². The van der Waals surface area contributed by atoms with Crippen LogP contribution in [0, 0.1) is 0 Å². The Morgan fingerprint density at radius 3 is 2.26 bits per heavy atom. The largest absolute Gasteiger partial charge is 0.494 e. The maximum Gasteiger partial charge on any atom is 0.343 e. The first-order chi connectivity index (χ1) is 18.3. The van der Waals surface area contributed by atoms with Crippen molar-refractivity contribution < 1.29 is 33.3 Å². The molecule has 0 heterocycles. The van der Waals surface area contributed by atoms with E-state index in [1.807, 2.05) is 6.92 Å². The van der Waals surface area contributed by atoms with Crippen LogP contribution >= 0.6 is 15.9 Å². The van der Waals surface area contributed by atoms with Crippen molar-refractivity contribution in [2.45, 2.75) is 6.92 Å². The minimum absolute atomic E-state index is 0.242. The fourth-order valence-corrected chi connectivity index (χ4v) is 3.56. The fourth-order valence-electron chi connectivity index (χ4n) is 3.18. The van der Waals surface area contributed by atoms with Crippen LogP contribution in [0.15, 0.2) is 70.2 Å². The summed E-state index contributed by atoms with van der Waals surface area (Å²) in [5, 5.41) is 6.42. The van der Waals surface area contributed by atoms with Crippen LogP contribution in [0.4, 0.5) is 0 Å².